The summed E-state index contributed by atoms with van der Waals surface area (Å²) in [6, 6.07) is 12.6. The molecule has 1 atom stereocenters. The summed E-state index contributed by atoms with van der Waals surface area (Å²) in [6.45, 7) is 1.84. The van der Waals surface area contributed by atoms with Gasteiger partial charge >= 0.3 is 11.9 Å². The van der Waals surface area contributed by atoms with Crippen LogP contribution in [0.15, 0.2) is 36.4 Å². The topological polar surface area (TPSA) is 90.3 Å². The lowest BCUT2D eigenvalue weighted by Gasteiger charge is -2.23. The first-order valence-electron chi connectivity index (χ1n) is 8.75. The number of aliphatic carboxylic acids is 2. The van der Waals surface area contributed by atoms with Crippen LogP contribution in [0.1, 0.15) is 12.0 Å². The van der Waals surface area contributed by atoms with E-state index in [1.54, 1.807) is 0 Å². The SMILES string of the molecule is CN(C)CCC1CN(C)C(=S)c2cc3ccccc3cc2O1.O=C(O)C(=O)O. The molecule has 1 aliphatic rings. The van der Waals surface area contributed by atoms with Gasteiger partial charge in [0.2, 0.25) is 0 Å². The van der Waals surface area contributed by atoms with Crippen LogP contribution in [0.5, 0.6) is 5.75 Å². The molecule has 0 bridgehead atoms. The van der Waals surface area contributed by atoms with Gasteiger partial charge in [0.15, 0.2) is 0 Å². The van der Waals surface area contributed by atoms with Crippen LogP contribution in [0.2, 0.25) is 0 Å². The summed E-state index contributed by atoms with van der Waals surface area (Å²) >= 11 is 5.66. The van der Waals surface area contributed by atoms with Crippen LogP contribution in [0.25, 0.3) is 10.8 Å². The Kier molecular flexibility index (Phi) is 7.31. The Morgan fingerprint density at radius 2 is 1.75 bits per heavy atom. The van der Waals surface area contributed by atoms with Gasteiger partial charge in [-0.2, -0.15) is 0 Å². The third kappa shape index (κ3) is 5.64. The Bertz CT molecular complexity index is 872. The van der Waals surface area contributed by atoms with Gasteiger partial charge in [0.25, 0.3) is 0 Å². The predicted octanol–water partition coefficient (Wildman–Crippen LogP) is 2.32. The quantitative estimate of drug-likeness (QED) is 0.595. The van der Waals surface area contributed by atoms with Crippen molar-refractivity contribution in [2.45, 2.75) is 12.5 Å². The Hall–Kier alpha value is -2.71. The molecule has 0 radical (unpaired) electrons. The van der Waals surface area contributed by atoms with Crippen LogP contribution in [0.3, 0.4) is 0 Å². The molecule has 2 N–H and O–H groups in total. The second-order valence-electron chi connectivity index (χ2n) is 6.82. The van der Waals surface area contributed by atoms with Gasteiger partial charge in [0.1, 0.15) is 16.8 Å². The van der Waals surface area contributed by atoms with Crippen LogP contribution in [0, 0.1) is 0 Å². The van der Waals surface area contributed by atoms with E-state index in [2.05, 4.69) is 67.3 Å². The number of hydrogen-bond acceptors (Lipinski definition) is 5. The molecular weight excluding hydrogens is 380 g/mol. The number of carboxylic acid groups (broad SMARTS) is 2. The largest absolute Gasteiger partial charge is 0.488 e. The minimum Gasteiger partial charge on any atom is -0.488 e. The maximum Gasteiger partial charge on any atom is 0.414 e. The second kappa shape index (κ2) is 9.48. The third-order valence-corrected chi connectivity index (χ3v) is 4.81. The van der Waals surface area contributed by atoms with Gasteiger partial charge in [0, 0.05) is 13.6 Å². The number of hydrogen-bond donors (Lipinski definition) is 2. The van der Waals surface area contributed by atoms with Crippen molar-refractivity contribution in [2.24, 2.45) is 0 Å². The van der Waals surface area contributed by atoms with Crippen molar-refractivity contribution in [1.29, 1.82) is 0 Å². The molecule has 0 aliphatic carbocycles. The maximum atomic E-state index is 9.10. The molecule has 2 aromatic rings. The zero-order chi connectivity index (χ0) is 20.8. The Labute approximate surface area is 169 Å². The lowest BCUT2D eigenvalue weighted by molar-refractivity contribution is -0.159. The van der Waals surface area contributed by atoms with Crippen molar-refractivity contribution in [3.05, 3.63) is 42.0 Å². The molecule has 8 heteroatoms. The Balaban J connectivity index is 0.000000409. The minimum atomic E-state index is -1.82. The number of thiocarbonyl (C=S) groups is 1. The summed E-state index contributed by atoms with van der Waals surface area (Å²) in [5, 5.41) is 17.2. The highest BCUT2D eigenvalue weighted by Gasteiger charge is 2.24. The van der Waals surface area contributed by atoms with Gasteiger partial charge in [-0.15, -0.1) is 0 Å². The molecule has 1 aliphatic heterocycles. The molecule has 28 heavy (non-hydrogen) atoms. The number of carbonyl (C=O) groups is 2. The van der Waals surface area contributed by atoms with Crippen molar-refractivity contribution < 1.29 is 24.5 Å². The van der Waals surface area contributed by atoms with Gasteiger partial charge in [-0.3, -0.25) is 0 Å². The van der Waals surface area contributed by atoms with Gasteiger partial charge in [0.05, 0.1) is 12.1 Å². The van der Waals surface area contributed by atoms with Crippen molar-refractivity contribution in [3.63, 3.8) is 0 Å². The number of carboxylic acids is 2. The fourth-order valence-electron chi connectivity index (χ4n) is 2.85. The van der Waals surface area contributed by atoms with Crippen LogP contribution >= 0.6 is 12.2 Å². The molecule has 0 aromatic heterocycles. The first-order valence-corrected chi connectivity index (χ1v) is 9.15. The van der Waals surface area contributed by atoms with Crippen LogP contribution in [0.4, 0.5) is 0 Å². The summed E-state index contributed by atoms with van der Waals surface area (Å²) < 4.78 is 6.30. The summed E-state index contributed by atoms with van der Waals surface area (Å²) in [7, 11) is 6.23. The molecule has 0 fully saturated rings. The molecule has 150 valence electrons. The van der Waals surface area contributed by atoms with E-state index in [0.717, 1.165) is 35.8 Å². The van der Waals surface area contributed by atoms with Crippen molar-refractivity contribution in [3.8, 4) is 5.75 Å². The van der Waals surface area contributed by atoms with Crippen LogP contribution in [-0.4, -0.2) is 77.3 Å². The maximum absolute atomic E-state index is 9.10. The molecule has 1 unspecified atom stereocenters. The van der Waals surface area contributed by atoms with E-state index in [1.807, 2.05) is 0 Å². The number of benzene rings is 2. The number of fused-ring (bicyclic) bond motifs is 2. The van der Waals surface area contributed by atoms with E-state index in [4.69, 9.17) is 36.8 Å². The summed E-state index contributed by atoms with van der Waals surface area (Å²) in [4.78, 5) is 23.4. The number of rotatable bonds is 3. The average Bonchev–Trinajstić information content (AvgIpc) is 2.75. The molecule has 0 amide bonds. The number of likely N-dealkylation sites (N-methyl/N-ethyl adjacent to an activating group) is 1. The normalized spacial score (nSPS) is 15.9. The van der Waals surface area contributed by atoms with Crippen molar-refractivity contribution in [1.82, 2.24) is 9.80 Å². The first kappa shape index (κ1) is 21.6. The summed E-state index contributed by atoms with van der Waals surface area (Å²) in [5.41, 5.74) is 1.03. The molecule has 0 saturated carbocycles. The summed E-state index contributed by atoms with van der Waals surface area (Å²) in [6.07, 6.45) is 1.15. The van der Waals surface area contributed by atoms with E-state index >= 15 is 0 Å². The molecule has 3 rings (SSSR count). The van der Waals surface area contributed by atoms with E-state index < -0.39 is 11.9 Å². The Morgan fingerprint density at radius 1 is 1.18 bits per heavy atom. The lowest BCUT2D eigenvalue weighted by Crippen LogP contribution is -2.35. The number of ether oxygens (including phenoxy) is 1. The first-order chi connectivity index (χ1) is 13.2. The summed E-state index contributed by atoms with van der Waals surface area (Å²) in [5.74, 6) is -2.73. The van der Waals surface area contributed by atoms with Gasteiger partial charge in [-0.05, 0) is 43.4 Å². The highest BCUT2D eigenvalue weighted by atomic mass is 32.1. The lowest BCUT2D eigenvalue weighted by atomic mass is 10.1. The van der Waals surface area contributed by atoms with Crippen molar-refractivity contribution >= 4 is 39.9 Å². The fraction of sp³-hybridized carbons (Fsp3) is 0.350. The highest BCUT2D eigenvalue weighted by Crippen LogP contribution is 2.31. The van der Waals surface area contributed by atoms with E-state index in [9.17, 15) is 0 Å². The van der Waals surface area contributed by atoms with E-state index in [1.165, 1.54) is 10.8 Å². The van der Waals surface area contributed by atoms with Crippen LogP contribution in [-0.2, 0) is 9.59 Å². The average molecular weight is 404 g/mol. The molecule has 2 aromatic carbocycles. The Morgan fingerprint density at radius 3 is 2.29 bits per heavy atom. The van der Waals surface area contributed by atoms with Crippen molar-refractivity contribution in [2.75, 3.05) is 34.2 Å². The van der Waals surface area contributed by atoms with E-state index in [-0.39, 0.29) is 6.10 Å². The van der Waals surface area contributed by atoms with Gasteiger partial charge in [-0.25, -0.2) is 9.59 Å². The van der Waals surface area contributed by atoms with Crippen LogP contribution < -0.4 is 4.74 Å². The predicted molar refractivity (Wildman–Crippen MR) is 111 cm³/mol. The zero-order valence-corrected chi connectivity index (χ0v) is 16.9. The molecular formula is C20H24N2O5S. The molecule has 0 spiro atoms. The third-order valence-electron chi connectivity index (χ3n) is 4.28. The smallest absolute Gasteiger partial charge is 0.414 e. The monoisotopic (exact) mass is 404 g/mol. The molecule has 1 heterocycles. The number of nitrogens with zero attached hydrogens (tertiary/aromatic N) is 2. The molecule has 0 saturated heterocycles. The zero-order valence-electron chi connectivity index (χ0n) is 16.1. The minimum absolute atomic E-state index is 0.160. The van der Waals surface area contributed by atoms with Gasteiger partial charge in [-0.1, -0.05) is 36.5 Å². The highest BCUT2D eigenvalue weighted by molar-refractivity contribution is 7.80. The van der Waals surface area contributed by atoms with Gasteiger partial charge < -0.3 is 24.7 Å². The standard InChI is InChI=1S/C18H22N2OS.C2H2O4/c1-19(2)9-8-15-12-20(3)18(22)16-10-13-6-4-5-7-14(13)11-17(16)21-15;3-1(4)2(5)6/h4-7,10-11,15H,8-9,12H2,1-3H3;(H,3,4)(H,5,6). The fourth-order valence-corrected chi connectivity index (χ4v) is 3.08. The second-order valence-corrected chi connectivity index (χ2v) is 7.21. The molecule has 7 nitrogen and oxygen atoms in total. The van der Waals surface area contributed by atoms with E-state index in [0.29, 0.717) is 0 Å².